The van der Waals surface area contributed by atoms with Gasteiger partial charge in [-0.1, -0.05) is 49.4 Å². The summed E-state index contributed by atoms with van der Waals surface area (Å²) >= 11 is 0. The minimum absolute atomic E-state index is 0.0894. The SMILES string of the molecule is C=C/C(=C\C=C/C)C1CCN(CCCCCc2cccc3c2CN(C(C=O)CCC=O)C3=O)CC1. The number of hydrogen-bond donors (Lipinski definition) is 0. The first-order valence-corrected chi connectivity index (χ1v) is 13.1. The van der Waals surface area contributed by atoms with Gasteiger partial charge in [-0.25, -0.2) is 0 Å². The highest BCUT2D eigenvalue weighted by Crippen LogP contribution is 2.29. The molecule has 1 saturated heterocycles. The number of hydrogen-bond acceptors (Lipinski definition) is 4. The number of rotatable bonds is 14. The van der Waals surface area contributed by atoms with Crippen molar-refractivity contribution in [3.05, 3.63) is 71.3 Å². The normalized spacial score (nSPS) is 18.1. The van der Waals surface area contributed by atoms with Crippen molar-refractivity contribution < 1.29 is 14.4 Å². The Morgan fingerprint density at radius 2 is 1.97 bits per heavy atom. The number of nitrogens with zero attached hydrogens (tertiary/aromatic N) is 2. The topological polar surface area (TPSA) is 57.7 Å². The molecule has 188 valence electrons. The van der Waals surface area contributed by atoms with Gasteiger partial charge in [0, 0.05) is 18.5 Å². The Balaban J connectivity index is 1.43. The van der Waals surface area contributed by atoms with Crippen molar-refractivity contribution in [1.29, 1.82) is 0 Å². The van der Waals surface area contributed by atoms with Gasteiger partial charge in [0.25, 0.3) is 5.91 Å². The predicted octanol–water partition coefficient (Wildman–Crippen LogP) is 5.30. The average Bonchev–Trinajstić information content (AvgIpc) is 3.22. The maximum Gasteiger partial charge on any atom is 0.255 e. The fraction of sp³-hybridized carbons (Fsp3) is 0.500. The molecule has 0 saturated carbocycles. The number of likely N-dealkylation sites (tertiary alicyclic amines) is 1. The number of amides is 1. The third kappa shape index (κ3) is 7.11. The van der Waals surface area contributed by atoms with Crippen molar-refractivity contribution in [2.24, 2.45) is 5.92 Å². The van der Waals surface area contributed by atoms with Crippen molar-refractivity contribution in [2.45, 2.75) is 70.9 Å². The summed E-state index contributed by atoms with van der Waals surface area (Å²) in [5.74, 6) is 0.535. The monoisotopic (exact) mass is 476 g/mol. The van der Waals surface area contributed by atoms with Crippen LogP contribution in [0.15, 0.2) is 54.7 Å². The smallest absolute Gasteiger partial charge is 0.255 e. The molecule has 0 spiro atoms. The molecule has 1 aromatic carbocycles. The van der Waals surface area contributed by atoms with Gasteiger partial charge in [0.05, 0.1) is 6.04 Å². The standard InChI is InChI=1S/C30H40N2O3/c1-3-5-11-24(4-2)25-16-19-31(20-17-25)18-8-6-7-12-26-13-9-15-28-29(26)22-32(30(28)35)27(23-34)14-10-21-33/h3-5,9,11,13,15,21,23,25,27H,2,6-8,10,12,14,16-20,22H2,1H3/b5-3-,24-11+. The van der Waals surface area contributed by atoms with Gasteiger partial charge in [-0.3, -0.25) is 4.79 Å². The molecule has 35 heavy (non-hydrogen) atoms. The summed E-state index contributed by atoms with van der Waals surface area (Å²) in [6.45, 7) is 9.95. The molecular formula is C30H40N2O3. The van der Waals surface area contributed by atoms with Crippen molar-refractivity contribution in [3.63, 3.8) is 0 Å². The largest absolute Gasteiger partial charge is 0.325 e. The molecule has 2 aliphatic heterocycles. The highest BCUT2D eigenvalue weighted by Gasteiger charge is 2.33. The Labute approximate surface area is 210 Å². The van der Waals surface area contributed by atoms with Gasteiger partial charge in [0.1, 0.15) is 12.6 Å². The number of benzene rings is 1. The fourth-order valence-corrected chi connectivity index (χ4v) is 5.35. The first kappa shape index (κ1) is 26.8. The first-order valence-electron chi connectivity index (χ1n) is 13.1. The van der Waals surface area contributed by atoms with E-state index in [0.717, 1.165) is 57.0 Å². The van der Waals surface area contributed by atoms with Gasteiger partial charge in [-0.05, 0) is 93.8 Å². The van der Waals surface area contributed by atoms with E-state index in [1.54, 1.807) is 4.90 Å². The fourth-order valence-electron chi connectivity index (χ4n) is 5.35. The number of aryl methyl sites for hydroxylation is 1. The quantitative estimate of drug-likeness (QED) is 0.208. The molecule has 1 aromatic rings. The van der Waals surface area contributed by atoms with Gasteiger partial charge in [0.2, 0.25) is 0 Å². The van der Waals surface area contributed by atoms with Crippen LogP contribution in [0.25, 0.3) is 0 Å². The van der Waals surface area contributed by atoms with Crippen LogP contribution in [0.2, 0.25) is 0 Å². The minimum Gasteiger partial charge on any atom is -0.325 e. The van der Waals surface area contributed by atoms with E-state index in [0.29, 0.717) is 24.4 Å². The second-order valence-corrected chi connectivity index (χ2v) is 9.65. The third-order valence-electron chi connectivity index (χ3n) is 7.43. The van der Waals surface area contributed by atoms with Crippen LogP contribution in [0.3, 0.4) is 0 Å². The number of piperidine rings is 1. The summed E-state index contributed by atoms with van der Waals surface area (Å²) in [6, 6.07) is 5.39. The Kier molecular flexibility index (Phi) is 10.7. The average molecular weight is 477 g/mol. The maximum absolute atomic E-state index is 12.9. The number of carbonyl (C=O) groups is 3. The van der Waals surface area contributed by atoms with Crippen LogP contribution in [-0.2, 0) is 22.6 Å². The van der Waals surface area contributed by atoms with Gasteiger partial charge >= 0.3 is 0 Å². The molecule has 1 fully saturated rings. The minimum atomic E-state index is -0.529. The van der Waals surface area contributed by atoms with Crippen LogP contribution in [0.5, 0.6) is 0 Å². The van der Waals surface area contributed by atoms with Crippen LogP contribution < -0.4 is 0 Å². The van der Waals surface area contributed by atoms with Crippen LogP contribution in [0, 0.1) is 5.92 Å². The van der Waals surface area contributed by atoms with Gasteiger partial charge in [-0.15, -0.1) is 0 Å². The molecule has 5 nitrogen and oxygen atoms in total. The van der Waals surface area contributed by atoms with Gasteiger partial charge in [-0.2, -0.15) is 0 Å². The van der Waals surface area contributed by atoms with E-state index in [1.165, 1.54) is 30.4 Å². The van der Waals surface area contributed by atoms with Gasteiger partial charge in [0.15, 0.2) is 0 Å². The molecule has 0 bridgehead atoms. The zero-order chi connectivity index (χ0) is 25.0. The van der Waals surface area contributed by atoms with E-state index in [2.05, 4.69) is 35.8 Å². The molecule has 0 N–H and O–H groups in total. The van der Waals surface area contributed by atoms with E-state index in [1.807, 2.05) is 25.1 Å². The number of fused-ring (bicyclic) bond motifs is 1. The van der Waals surface area contributed by atoms with E-state index >= 15 is 0 Å². The van der Waals surface area contributed by atoms with Crippen LogP contribution in [0.4, 0.5) is 0 Å². The van der Waals surface area contributed by atoms with Crippen LogP contribution in [0.1, 0.15) is 73.4 Å². The Bertz CT molecular complexity index is 941. The summed E-state index contributed by atoms with van der Waals surface area (Å²) in [7, 11) is 0. The molecule has 2 aliphatic rings. The lowest BCUT2D eigenvalue weighted by Crippen LogP contribution is -2.36. The summed E-state index contributed by atoms with van der Waals surface area (Å²) in [4.78, 5) is 39.3. The van der Waals surface area contributed by atoms with Crippen molar-refractivity contribution in [2.75, 3.05) is 19.6 Å². The second-order valence-electron chi connectivity index (χ2n) is 9.65. The third-order valence-corrected chi connectivity index (χ3v) is 7.43. The zero-order valence-electron chi connectivity index (χ0n) is 21.2. The number of aldehydes is 2. The van der Waals surface area contributed by atoms with E-state index in [9.17, 15) is 14.4 Å². The highest BCUT2D eigenvalue weighted by molar-refractivity contribution is 6.00. The maximum atomic E-state index is 12.9. The molecule has 0 radical (unpaired) electrons. The molecule has 0 aromatic heterocycles. The van der Waals surface area contributed by atoms with E-state index in [4.69, 9.17) is 0 Å². The molecule has 1 amide bonds. The van der Waals surface area contributed by atoms with Crippen molar-refractivity contribution in [3.8, 4) is 0 Å². The molecule has 1 atom stereocenters. The van der Waals surface area contributed by atoms with Crippen molar-refractivity contribution >= 4 is 18.5 Å². The van der Waals surface area contributed by atoms with Gasteiger partial charge < -0.3 is 19.4 Å². The number of allylic oxidation sites excluding steroid dienone is 5. The molecule has 0 aliphatic carbocycles. The molecule has 2 heterocycles. The molecule has 3 rings (SSSR count). The number of carbonyl (C=O) groups excluding carboxylic acids is 3. The van der Waals surface area contributed by atoms with Crippen LogP contribution >= 0.6 is 0 Å². The van der Waals surface area contributed by atoms with E-state index < -0.39 is 6.04 Å². The lowest BCUT2D eigenvalue weighted by atomic mass is 9.88. The lowest BCUT2D eigenvalue weighted by molar-refractivity contribution is -0.112. The van der Waals surface area contributed by atoms with Crippen molar-refractivity contribution in [1.82, 2.24) is 9.80 Å². The molecule has 5 heteroatoms. The first-order chi connectivity index (χ1) is 17.1. The molecular weight excluding hydrogens is 436 g/mol. The summed E-state index contributed by atoms with van der Waals surface area (Å²) in [6.07, 6.45) is 17.4. The zero-order valence-corrected chi connectivity index (χ0v) is 21.2. The Morgan fingerprint density at radius 3 is 2.66 bits per heavy atom. The second kappa shape index (κ2) is 13.9. The molecule has 1 unspecified atom stereocenters. The Hall–Kier alpha value is -2.79. The Morgan fingerprint density at radius 1 is 1.17 bits per heavy atom. The summed E-state index contributed by atoms with van der Waals surface area (Å²) in [5, 5.41) is 0. The van der Waals surface area contributed by atoms with E-state index in [-0.39, 0.29) is 12.3 Å². The number of unbranched alkanes of at least 4 members (excludes halogenated alkanes) is 2. The summed E-state index contributed by atoms with van der Waals surface area (Å²) < 4.78 is 0. The summed E-state index contributed by atoms with van der Waals surface area (Å²) in [5.41, 5.74) is 4.34. The lowest BCUT2D eigenvalue weighted by Gasteiger charge is -2.32. The highest BCUT2D eigenvalue weighted by atomic mass is 16.2. The van der Waals surface area contributed by atoms with Crippen LogP contribution in [-0.4, -0.2) is 54.0 Å². The predicted molar refractivity (Wildman–Crippen MR) is 141 cm³/mol.